The van der Waals surface area contributed by atoms with Gasteiger partial charge in [-0.25, -0.2) is 0 Å². The first-order chi connectivity index (χ1) is 12.5. The van der Waals surface area contributed by atoms with Gasteiger partial charge in [-0.15, -0.1) is 11.8 Å². The van der Waals surface area contributed by atoms with Crippen molar-refractivity contribution in [1.82, 2.24) is 4.90 Å². The van der Waals surface area contributed by atoms with Crippen LogP contribution in [0.5, 0.6) is 0 Å². The highest BCUT2D eigenvalue weighted by Crippen LogP contribution is 2.25. The van der Waals surface area contributed by atoms with E-state index in [0.29, 0.717) is 23.2 Å². The zero-order valence-corrected chi connectivity index (χ0v) is 16.2. The summed E-state index contributed by atoms with van der Waals surface area (Å²) in [5.41, 5.74) is 1.44. The van der Waals surface area contributed by atoms with Gasteiger partial charge in [-0.3, -0.25) is 9.59 Å². The van der Waals surface area contributed by atoms with Gasteiger partial charge in [0.05, 0.1) is 5.75 Å². The van der Waals surface area contributed by atoms with E-state index in [-0.39, 0.29) is 11.7 Å². The molecule has 2 atom stereocenters. The highest BCUT2D eigenvalue weighted by molar-refractivity contribution is 8.00. The van der Waals surface area contributed by atoms with Crippen molar-refractivity contribution in [3.63, 3.8) is 0 Å². The van der Waals surface area contributed by atoms with Crippen LogP contribution in [0.4, 0.5) is 0 Å². The number of hydrogen-bond acceptors (Lipinski definition) is 3. The molecular weight excluding hydrogens is 342 g/mol. The summed E-state index contributed by atoms with van der Waals surface area (Å²) in [7, 11) is 0. The summed E-state index contributed by atoms with van der Waals surface area (Å²) < 4.78 is 0. The molecule has 0 aromatic heterocycles. The molecular formula is C22H25NO2S. The lowest BCUT2D eigenvalue weighted by molar-refractivity contribution is 0.0623. The number of Topliss-reactive ketones (excluding diaryl/α,β-unsaturated/α-hetero) is 1. The van der Waals surface area contributed by atoms with Crippen LogP contribution in [0, 0.1) is 11.8 Å². The zero-order chi connectivity index (χ0) is 18.5. The van der Waals surface area contributed by atoms with Crippen LogP contribution in [0.25, 0.3) is 0 Å². The van der Waals surface area contributed by atoms with Crippen LogP contribution in [-0.2, 0) is 0 Å². The van der Waals surface area contributed by atoms with Gasteiger partial charge in [-0.2, -0.15) is 0 Å². The number of amides is 1. The van der Waals surface area contributed by atoms with Gasteiger partial charge in [0.1, 0.15) is 0 Å². The number of piperidine rings is 1. The molecule has 1 heterocycles. The van der Waals surface area contributed by atoms with Crippen molar-refractivity contribution in [3.05, 3.63) is 65.7 Å². The van der Waals surface area contributed by atoms with Crippen molar-refractivity contribution in [2.75, 3.05) is 18.8 Å². The summed E-state index contributed by atoms with van der Waals surface area (Å²) in [6.07, 6.45) is 1.18. The first-order valence-electron chi connectivity index (χ1n) is 9.13. The highest BCUT2D eigenvalue weighted by atomic mass is 32.2. The molecule has 136 valence electrons. The van der Waals surface area contributed by atoms with Crippen LogP contribution in [0.3, 0.4) is 0 Å². The molecule has 2 aromatic rings. The van der Waals surface area contributed by atoms with Crippen molar-refractivity contribution < 1.29 is 9.59 Å². The highest BCUT2D eigenvalue weighted by Gasteiger charge is 2.26. The smallest absolute Gasteiger partial charge is 0.253 e. The van der Waals surface area contributed by atoms with E-state index in [1.165, 1.54) is 18.2 Å². The molecule has 0 aliphatic carbocycles. The Balaban J connectivity index is 1.64. The maximum absolute atomic E-state index is 12.9. The largest absolute Gasteiger partial charge is 0.338 e. The number of nitrogens with zero attached hydrogens (tertiary/aromatic N) is 1. The molecule has 1 aliphatic heterocycles. The second-order valence-corrected chi connectivity index (χ2v) is 8.31. The van der Waals surface area contributed by atoms with E-state index in [2.05, 4.69) is 13.8 Å². The molecule has 0 N–H and O–H groups in total. The Kier molecular flexibility index (Phi) is 6.15. The molecule has 2 unspecified atom stereocenters. The van der Waals surface area contributed by atoms with E-state index in [9.17, 15) is 9.59 Å². The fourth-order valence-electron chi connectivity index (χ4n) is 3.59. The third-order valence-corrected chi connectivity index (χ3v) is 5.70. The van der Waals surface area contributed by atoms with Gasteiger partial charge >= 0.3 is 0 Å². The number of thioether (sulfide) groups is 1. The summed E-state index contributed by atoms with van der Waals surface area (Å²) >= 11 is 1.48. The average molecular weight is 368 g/mol. The standard InChI is InChI=1S/C22H25NO2S/c1-16-11-17(2)14-23(13-16)22(25)19-9-6-10-20(12-19)26-15-21(24)18-7-4-3-5-8-18/h3-10,12,16-17H,11,13-15H2,1-2H3. The molecule has 2 aromatic carbocycles. The van der Waals surface area contributed by atoms with Crippen molar-refractivity contribution in [3.8, 4) is 0 Å². The molecule has 0 saturated carbocycles. The molecule has 3 nitrogen and oxygen atoms in total. The number of benzene rings is 2. The van der Waals surface area contributed by atoms with Gasteiger partial charge in [0.25, 0.3) is 5.91 Å². The van der Waals surface area contributed by atoms with E-state index in [0.717, 1.165) is 23.5 Å². The van der Waals surface area contributed by atoms with Crippen molar-refractivity contribution in [1.29, 1.82) is 0 Å². The number of carbonyl (C=O) groups excluding carboxylic acids is 2. The lowest BCUT2D eigenvalue weighted by Crippen LogP contribution is -2.42. The lowest BCUT2D eigenvalue weighted by Gasteiger charge is -2.35. The van der Waals surface area contributed by atoms with Crippen LogP contribution in [0.15, 0.2) is 59.5 Å². The van der Waals surface area contributed by atoms with Crippen LogP contribution in [0.1, 0.15) is 41.0 Å². The Morgan fingerprint density at radius 1 is 0.962 bits per heavy atom. The quantitative estimate of drug-likeness (QED) is 0.564. The van der Waals surface area contributed by atoms with Crippen LogP contribution < -0.4 is 0 Å². The minimum atomic E-state index is 0.0974. The summed E-state index contributed by atoms with van der Waals surface area (Å²) in [5.74, 6) is 1.66. The third kappa shape index (κ3) is 4.76. The Hall–Kier alpha value is -2.07. The monoisotopic (exact) mass is 367 g/mol. The molecule has 26 heavy (non-hydrogen) atoms. The summed E-state index contributed by atoms with van der Waals surface area (Å²) in [6.45, 7) is 6.06. The van der Waals surface area contributed by atoms with Crippen LogP contribution >= 0.6 is 11.8 Å². The van der Waals surface area contributed by atoms with Crippen molar-refractivity contribution >= 4 is 23.5 Å². The van der Waals surface area contributed by atoms with Crippen molar-refractivity contribution in [2.45, 2.75) is 25.2 Å². The molecule has 1 saturated heterocycles. The zero-order valence-electron chi connectivity index (χ0n) is 15.4. The number of rotatable bonds is 5. The van der Waals surface area contributed by atoms with Gasteiger partial charge in [-0.05, 0) is 36.5 Å². The van der Waals surface area contributed by atoms with Crippen molar-refractivity contribution in [2.24, 2.45) is 11.8 Å². The molecule has 4 heteroatoms. The van der Waals surface area contributed by atoms with E-state index < -0.39 is 0 Å². The average Bonchev–Trinajstić information content (AvgIpc) is 2.65. The molecule has 0 radical (unpaired) electrons. The SMILES string of the molecule is CC1CC(C)CN(C(=O)c2cccc(SCC(=O)c3ccccc3)c2)C1. The molecule has 0 spiro atoms. The van der Waals surface area contributed by atoms with E-state index >= 15 is 0 Å². The summed E-state index contributed by atoms with van der Waals surface area (Å²) in [6, 6.07) is 17.0. The number of carbonyl (C=O) groups is 2. The molecule has 1 amide bonds. The predicted molar refractivity (Wildman–Crippen MR) is 107 cm³/mol. The van der Waals surface area contributed by atoms with Gasteiger partial charge < -0.3 is 4.90 Å². The molecule has 1 aliphatic rings. The molecule has 1 fully saturated rings. The summed E-state index contributed by atoms with van der Waals surface area (Å²) in [5, 5.41) is 0. The third-order valence-electron chi connectivity index (χ3n) is 4.70. The maximum atomic E-state index is 12.9. The number of ketones is 1. The molecule has 0 bridgehead atoms. The fraction of sp³-hybridized carbons (Fsp3) is 0.364. The van der Waals surface area contributed by atoms with Gasteiger partial charge in [0.15, 0.2) is 5.78 Å². The Morgan fingerprint density at radius 2 is 1.62 bits per heavy atom. The van der Waals surface area contributed by atoms with E-state index in [1.54, 1.807) is 0 Å². The first-order valence-corrected chi connectivity index (χ1v) is 10.1. The summed E-state index contributed by atoms with van der Waals surface area (Å²) in [4.78, 5) is 28.0. The maximum Gasteiger partial charge on any atom is 0.253 e. The Bertz CT molecular complexity index is 765. The van der Waals surface area contributed by atoms with E-state index in [4.69, 9.17) is 0 Å². The topological polar surface area (TPSA) is 37.4 Å². The Morgan fingerprint density at radius 3 is 2.31 bits per heavy atom. The second-order valence-electron chi connectivity index (χ2n) is 7.26. The molecule has 3 rings (SSSR count). The van der Waals surface area contributed by atoms with E-state index in [1.807, 2.05) is 59.5 Å². The normalized spacial score (nSPS) is 20.0. The first kappa shape index (κ1) is 18.7. The van der Waals surface area contributed by atoms with Gasteiger partial charge in [-0.1, -0.05) is 50.2 Å². The van der Waals surface area contributed by atoms with Gasteiger partial charge in [0, 0.05) is 29.1 Å². The predicted octanol–water partition coefficient (Wildman–Crippen LogP) is 4.78. The fourth-order valence-corrected chi connectivity index (χ4v) is 4.44. The Labute approximate surface area is 159 Å². The lowest BCUT2D eigenvalue weighted by atomic mass is 9.91. The minimum absolute atomic E-state index is 0.0974. The number of hydrogen-bond donors (Lipinski definition) is 0. The number of likely N-dealkylation sites (tertiary alicyclic amines) is 1. The van der Waals surface area contributed by atoms with Gasteiger partial charge in [0.2, 0.25) is 0 Å². The second kappa shape index (κ2) is 8.54. The minimum Gasteiger partial charge on any atom is -0.338 e. The van der Waals surface area contributed by atoms with Crippen LogP contribution in [-0.4, -0.2) is 35.4 Å². The van der Waals surface area contributed by atoms with Crippen LogP contribution in [0.2, 0.25) is 0 Å².